The van der Waals surface area contributed by atoms with Gasteiger partial charge >= 0.3 is 0 Å². The topological polar surface area (TPSA) is 60.1 Å². The molecule has 0 aliphatic carbocycles. The molecule has 0 amide bonds. The Bertz CT molecular complexity index is 590. The van der Waals surface area contributed by atoms with Crippen LogP contribution in [0.5, 0.6) is 0 Å². The fourth-order valence-electron chi connectivity index (χ4n) is 1.44. The molecule has 0 radical (unpaired) electrons. The SMILES string of the molecule is C=CCn1ncc(NCc2ccco2)c(Cl)c1=O. The van der Waals surface area contributed by atoms with Crippen LogP contribution < -0.4 is 10.9 Å². The zero-order chi connectivity index (χ0) is 13.0. The predicted molar refractivity (Wildman–Crippen MR) is 69.7 cm³/mol. The summed E-state index contributed by atoms with van der Waals surface area (Å²) < 4.78 is 6.41. The molecular weight excluding hydrogens is 254 g/mol. The van der Waals surface area contributed by atoms with Crippen LogP contribution >= 0.6 is 11.6 Å². The lowest BCUT2D eigenvalue weighted by molar-refractivity contribution is 0.518. The Hall–Kier alpha value is -2.01. The summed E-state index contributed by atoms with van der Waals surface area (Å²) in [5, 5.41) is 7.09. The van der Waals surface area contributed by atoms with Crippen molar-refractivity contribution in [1.29, 1.82) is 0 Å². The molecule has 6 heteroatoms. The molecule has 5 nitrogen and oxygen atoms in total. The smallest absolute Gasteiger partial charge is 0.287 e. The number of rotatable bonds is 5. The van der Waals surface area contributed by atoms with Gasteiger partial charge in [0.05, 0.1) is 31.2 Å². The van der Waals surface area contributed by atoms with Gasteiger partial charge in [0.2, 0.25) is 0 Å². The molecule has 0 bridgehead atoms. The van der Waals surface area contributed by atoms with Gasteiger partial charge in [0, 0.05) is 0 Å². The van der Waals surface area contributed by atoms with Crippen LogP contribution in [-0.2, 0) is 13.1 Å². The predicted octanol–water partition coefficient (Wildman–Crippen LogP) is 2.29. The summed E-state index contributed by atoms with van der Waals surface area (Å²) in [5.74, 6) is 0.751. The molecule has 1 N–H and O–H groups in total. The molecule has 2 aromatic heterocycles. The Morgan fingerprint density at radius 1 is 1.61 bits per heavy atom. The van der Waals surface area contributed by atoms with Gasteiger partial charge in [-0.15, -0.1) is 6.58 Å². The number of aromatic nitrogens is 2. The monoisotopic (exact) mass is 265 g/mol. The minimum atomic E-state index is -0.346. The zero-order valence-corrected chi connectivity index (χ0v) is 10.4. The Balaban J connectivity index is 2.16. The number of furan rings is 1. The Labute approximate surface area is 109 Å². The van der Waals surface area contributed by atoms with E-state index in [1.165, 1.54) is 10.9 Å². The molecule has 0 aliphatic heterocycles. The Morgan fingerprint density at radius 3 is 3.11 bits per heavy atom. The molecule has 2 aromatic rings. The average Bonchev–Trinajstić information content (AvgIpc) is 2.87. The number of anilines is 1. The summed E-state index contributed by atoms with van der Waals surface area (Å²) >= 11 is 5.97. The van der Waals surface area contributed by atoms with Crippen molar-refractivity contribution in [1.82, 2.24) is 9.78 Å². The third-order valence-electron chi connectivity index (χ3n) is 2.32. The maximum absolute atomic E-state index is 11.8. The average molecular weight is 266 g/mol. The highest BCUT2D eigenvalue weighted by Gasteiger charge is 2.08. The van der Waals surface area contributed by atoms with Crippen LogP contribution in [0.15, 0.2) is 46.5 Å². The van der Waals surface area contributed by atoms with E-state index in [1.54, 1.807) is 18.4 Å². The molecule has 2 heterocycles. The molecule has 0 saturated heterocycles. The van der Waals surface area contributed by atoms with Crippen LogP contribution in [0.3, 0.4) is 0 Å². The van der Waals surface area contributed by atoms with Gasteiger partial charge in [0.1, 0.15) is 10.8 Å². The summed E-state index contributed by atoms with van der Waals surface area (Å²) in [6.45, 7) is 4.32. The largest absolute Gasteiger partial charge is 0.467 e. The Morgan fingerprint density at radius 2 is 2.44 bits per heavy atom. The zero-order valence-electron chi connectivity index (χ0n) is 9.60. The highest BCUT2D eigenvalue weighted by molar-refractivity contribution is 6.32. The highest BCUT2D eigenvalue weighted by Crippen LogP contribution is 2.16. The number of hydrogen-bond donors (Lipinski definition) is 1. The van der Waals surface area contributed by atoms with Crippen LogP contribution in [0, 0.1) is 0 Å². The number of allylic oxidation sites excluding steroid dienone is 1. The van der Waals surface area contributed by atoms with E-state index in [-0.39, 0.29) is 10.6 Å². The number of halogens is 1. The second kappa shape index (κ2) is 5.55. The summed E-state index contributed by atoms with van der Waals surface area (Å²) in [6, 6.07) is 3.62. The van der Waals surface area contributed by atoms with Gasteiger partial charge in [-0.25, -0.2) is 4.68 Å². The van der Waals surface area contributed by atoms with Crippen LogP contribution in [0.2, 0.25) is 5.02 Å². The molecule has 2 rings (SSSR count). The first-order chi connectivity index (χ1) is 8.72. The van der Waals surface area contributed by atoms with E-state index < -0.39 is 0 Å². The molecule has 0 aliphatic rings. The first-order valence-corrected chi connectivity index (χ1v) is 5.73. The van der Waals surface area contributed by atoms with E-state index in [2.05, 4.69) is 17.0 Å². The molecule has 18 heavy (non-hydrogen) atoms. The van der Waals surface area contributed by atoms with Crippen molar-refractivity contribution in [3.05, 3.63) is 58.4 Å². The van der Waals surface area contributed by atoms with Crippen LogP contribution in [0.25, 0.3) is 0 Å². The summed E-state index contributed by atoms with van der Waals surface area (Å²) in [6.07, 6.45) is 4.68. The second-order valence-electron chi connectivity index (χ2n) is 3.58. The van der Waals surface area contributed by atoms with Gasteiger partial charge < -0.3 is 9.73 Å². The summed E-state index contributed by atoms with van der Waals surface area (Å²) in [4.78, 5) is 11.8. The standard InChI is InChI=1S/C12H12ClN3O2/c1-2-5-16-12(17)11(13)10(8-15-16)14-7-9-4-3-6-18-9/h2-4,6,8,14H,1,5,7H2. The van der Waals surface area contributed by atoms with Crippen molar-refractivity contribution in [2.75, 3.05) is 5.32 Å². The van der Waals surface area contributed by atoms with Crippen LogP contribution in [0.1, 0.15) is 5.76 Å². The van der Waals surface area contributed by atoms with Crippen LogP contribution in [-0.4, -0.2) is 9.78 Å². The Kier molecular flexibility index (Phi) is 3.84. The van der Waals surface area contributed by atoms with Gasteiger partial charge in [0.25, 0.3) is 5.56 Å². The molecule has 0 spiro atoms. The summed E-state index contributed by atoms with van der Waals surface area (Å²) in [5.41, 5.74) is 0.138. The van der Waals surface area contributed by atoms with Gasteiger partial charge in [0.15, 0.2) is 0 Å². The normalized spacial score (nSPS) is 10.3. The first-order valence-electron chi connectivity index (χ1n) is 5.35. The fourth-order valence-corrected chi connectivity index (χ4v) is 1.65. The fraction of sp³-hybridized carbons (Fsp3) is 0.167. The van der Waals surface area contributed by atoms with Crippen molar-refractivity contribution in [3.8, 4) is 0 Å². The van der Waals surface area contributed by atoms with Gasteiger partial charge in [-0.3, -0.25) is 4.79 Å². The maximum Gasteiger partial charge on any atom is 0.287 e. The lowest BCUT2D eigenvalue weighted by Crippen LogP contribution is -2.23. The third-order valence-corrected chi connectivity index (χ3v) is 2.69. The minimum absolute atomic E-state index is 0.110. The van der Waals surface area contributed by atoms with Crippen molar-refractivity contribution in [3.63, 3.8) is 0 Å². The molecular formula is C12H12ClN3O2. The lowest BCUT2D eigenvalue weighted by Gasteiger charge is -2.08. The van der Waals surface area contributed by atoms with E-state index in [0.717, 1.165) is 5.76 Å². The van der Waals surface area contributed by atoms with Crippen molar-refractivity contribution >= 4 is 17.3 Å². The van der Waals surface area contributed by atoms with E-state index >= 15 is 0 Å². The molecule has 0 aromatic carbocycles. The third kappa shape index (κ3) is 2.62. The molecule has 0 unspecified atom stereocenters. The van der Waals surface area contributed by atoms with Gasteiger partial charge in [-0.05, 0) is 12.1 Å². The number of nitrogens with zero attached hydrogens (tertiary/aromatic N) is 2. The van der Waals surface area contributed by atoms with Crippen molar-refractivity contribution in [2.24, 2.45) is 0 Å². The van der Waals surface area contributed by atoms with Crippen molar-refractivity contribution in [2.45, 2.75) is 13.1 Å². The van der Waals surface area contributed by atoms with E-state index in [9.17, 15) is 4.79 Å². The van der Waals surface area contributed by atoms with E-state index in [0.29, 0.717) is 18.8 Å². The molecule has 0 atom stereocenters. The lowest BCUT2D eigenvalue weighted by atomic mass is 10.4. The van der Waals surface area contributed by atoms with E-state index in [1.807, 2.05) is 6.07 Å². The number of hydrogen-bond acceptors (Lipinski definition) is 4. The molecule has 0 saturated carbocycles. The van der Waals surface area contributed by atoms with Crippen LogP contribution in [0.4, 0.5) is 5.69 Å². The highest BCUT2D eigenvalue weighted by atomic mass is 35.5. The second-order valence-corrected chi connectivity index (χ2v) is 3.96. The van der Waals surface area contributed by atoms with Gasteiger partial charge in [-0.1, -0.05) is 17.7 Å². The molecule has 0 fully saturated rings. The maximum atomic E-state index is 11.8. The number of nitrogens with one attached hydrogen (secondary N) is 1. The molecule has 94 valence electrons. The summed E-state index contributed by atoms with van der Waals surface area (Å²) in [7, 11) is 0. The van der Waals surface area contributed by atoms with Crippen molar-refractivity contribution < 1.29 is 4.42 Å². The van der Waals surface area contributed by atoms with Gasteiger partial charge in [-0.2, -0.15) is 5.10 Å². The quantitative estimate of drug-likeness (QED) is 0.843. The minimum Gasteiger partial charge on any atom is -0.467 e. The first kappa shape index (κ1) is 12.4. The van der Waals surface area contributed by atoms with E-state index in [4.69, 9.17) is 16.0 Å².